The molecule has 1 aliphatic rings. The van der Waals surface area contributed by atoms with Gasteiger partial charge in [-0.15, -0.1) is 0 Å². The molecular formula is C12H13BrF3NO2S. The lowest BCUT2D eigenvalue weighted by atomic mass is 10.1. The molecule has 0 aromatic heterocycles. The molecule has 1 aromatic carbocycles. The number of rotatable bonds is 4. The van der Waals surface area contributed by atoms with Crippen molar-refractivity contribution in [2.24, 2.45) is 5.41 Å². The summed E-state index contributed by atoms with van der Waals surface area (Å²) in [7, 11) is -5.40. The van der Waals surface area contributed by atoms with Gasteiger partial charge in [0.25, 0.3) is 0 Å². The van der Waals surface area contributed by atoms with E-state index in [1.165, 1.54) is 18.2 Å². The zero-order valence-corrected chi connectivity index (χ0v) is 13.0. The van der Waals surface area contributed by atoms with Crippen molar-refractivity contribution in [3.8, 4) is 0 Å². The normalized spacial score (nSPS) is 17.9. The van der Waals surface area contributed by atoms with E-state index in [2.05, 4.69) is 15.9 Å². The minimum atomic E-state index is -5.40. The lowest BCUT2D eigenvalue weighted by molar-refractivity contribution is -0.0439. The molecule has 0 aliphatic heterocycles. The number of hydrogen-bond donors (Lipinski definition) is 0. The van der Waals surface area contributed by atoms with Crippen LogP contribution in [0.25, 0.3) is 0 Å². The number of benzene rings is 1. The molecule has 20 heavy (non-hydrogen) atoms. The molecule has 0 radical (unpaired) electrons. The molecule has 0 spiro atoms. The number of nitrogens with zero attached hydrogens (tertiary/aromatic N) is 1. The maximum atomic E-state index is 12.9. The Morgan fingerprint density at radius 1 is 1.30 bits per heavy atom. The zero-order chi connectivity index (χ0) is 15.2. The van der Waals surface area contributed by atoms with Gasteiger partial charge in [0.15, 0.2) is 0 Å². The number of hydrogen-bond acceptors (Lipinski definition) is 2. The van der Waals surface area contributed by atoms with Crippen LogP contribution < -0.4 is 4.31 Å². The number of para-hydroxylation sites is 1. The highest BCUT2D eigenvalue weighted by Gasteiger charge is 2.53. The van der Waals surface area contributed by atoms with Crippen molar-refractivity contribution in [2.45, 2.75) is 25.3 Å². The van der Waals surface area contributed by atoms with Crippen molar-refractivity contribution >= 4 is 31.6 Å². The summed E-state index contributed by atoms with van der Waals surface area (Å²) in [5.74, 6) is 0. The van der Waals surface area contributed by atoms with Gasteiger partial charge < -0.3 is 0 Å². The Morgan fingerprint density at radius 2 is 1.85 bits per heavy atom. The molecule has 3 nitrogen and oxygen atoms in total. The summed E-state index contributed by atoms with van der Waals surface area (Å²) in [4.78, 5) is 0. The van der Waals surface area contributed by atoms with Gasteiger partial charge in [0.2, 0.25) is 0 Å². The van der Waals surface area contributed by atoms with Gasteiger partial charge in [0.1, 0.15) is 0 Å². The van der Waals surface area contributed by atoms with Crippen molar-refractivity contribution in [3.63, 3.8) is 0 Å². The summed E-state index contributed by atoms with van der Waals surface area (Å²) in [5, 5.41) is 0. The predicted octanol–water partition coefficient (Wildman–Crippen LogP) is 3.91. The molecule has 1 fully saturated rings. The van der Waals surface area contributed by atoms with E-state index in [0.717, 1.165) is 12.8 Å². The molecule has 0 atom stereocenters. The SMILES string of the molecule is CC1(CN(c2ccccc2Br)S(=O)(=O)C(F)(F)F)CC1. The van der Waals surface area contributed by atoms with Crippen LogP contribution in [0.4, 0.5) is 18.9 Å². The first kappa shape index (κ1) is 15.6. The molecule has 1 aliphatic carbocycles. The second kappa shape index (κ2) is 4.91. The maximum Gasteiger partial charge on any atom is 0.516 e. The fourth-order valence-corrected chi connectivity index (χ4v) is 3.56. The lowest BCUT2D eigenvalue weighted by Gasteiger charge is -2.28. The molecule has 0 bridgehead atoms. The number of sulfonamides is 1. The van der Waals surface area contributed by atoms with Gasteiger partial charge in [0, 0.05) is 11.0 Å². The second-order valence-corrected chi connectivity index (χ2v) is 7.93. The predicted molar refractivity (Wildman–Crippen MR) is 73.8 cm³/mol. The van der Waals surface area contributed by atoms with Crippen molar-refractivity contribution in [2.75, 3.05) is 10.8 Å². The highest BCUT2D eigenvalue weighted by atomic mass is 79.9. The zero-order valence-electron chi connectivity index (χ0n) is 10.6. The lowest BCUT2D eigenvalue weighted by Crippen LogP contribution is -2.43. The van der Waals surface area contributed by atoms with Crippen LogP contribution >= 0.6 is 15.9 Å². The third kappa shape index (κ3) is 2.95. The largest absolute Gasteiger partial charge is 0.516 e. The van der Waals surface area contributed by atoms with Gasteiger partial charge in [-0.25, -0.2) is 0 Å². The van der Waals surface area contributed by atoms with Crippen LogP contribution in [0.3, 0.4) is 0 Å². The Labute approximate surface area is 123 Å². The van der Waals surface area contributed by atoms with Crippen LogP contribution in [-0.2, 0) is 10.0 Å². The van der Waals surface area contributed by atoms with Gasteiger partial charge in [0.05, 0.1) is 5.69 Å². The van der Waals surface area contributed by atoms with Gasteiger partial charge in [-0.3, -0.25) is 4.31 Å². The van der Waals surface area contributed by atoms with Crippen molar-refractivity contribution in [3.05, 3.63) is 28.7 Å². The third-order valence-electron chi connectivity index (χ3n) is 3.33. The van der Waals surface area contributed by atoms with E-state index in [0.29, 0.717) is 8.78 Å². The van der Waals surface area contributed by atoms with Crippen molar-refractivity contribution in [1.29, 1.82) is 0 Å². The van der Waals surface area contributed by atoms with E-state index in [1.807, 2.05) is 0 Å². The Hall–Kier alpha value is -0.760. The minimum Gasteiger partial charge on any atom is -0.261 e. The first-order chi connectivity index (χ1) is 9.07. The smallest absolute Gasteiger partial charge is 0.261 e. The van der Waals surface area contributed by atoms with Gasteiger partial charge >= 0.3 is 15.5 Å². The summed E-state index contributed by atoms with van der Waals surface area (Å²) in [6, 6.07) is 6.00. The van der Waals surface area contributed by atoms with Crippen molar-refractivity contribution < 1.29 is 21.6 Å². The van der Waals surface area contributed by atoms with E-state index in [4.69, 9.17) is 0 Å². The Balaban J connectivity index is 2.49. The maximum absolute atomic E-state index is 12.9. The number of alkyl halides is 3. The minimum absolute atomic E-state index is 0.0120. The highest BCUT2D eigenvalue weighted by Crippen LogP contribution is 2.48. The van der Waals surface area contributed by atoms with Crippen molar-refractivity contribution in [1.82, 2.24) is 0 Å². The van der Waals surface area contributed by atoms with Crippen LogP contribution in [0.1, 0.15) is 19.8 Å². The summed E-state index contributed by atoms with van der Waals surface area (Å²) in [6.45, 7) is 1.61. The van der Waals surface area contributed by atoms with E-state index >= 15 is 0 Å². The average Bonchev–Trinajstić information content (AvgIpc) is 3.04. The standard InChI is InChI=1S/C12H13BrF3NO2S/c1-11(6-7-11)8-17(20(18,19)12(14,15)16)10-5-3-2-4-9(10)13/h2-5H,6-8H2,1H3. The number of anilines is 1. The van der Waals surface area contributed by atoms with E-state index < -0.39 is 15.5 Å². The molecule has 1 saturated carbocycles. The highest BCUT2D eigenvalue weighted by molar-refractivity contribution is 9.10. The summed E-state index contributed by atoms with van der Waals surface area (Å²) < 4.78 is 62.9. The quantitative estimate of drug-likeness (QED) is 0.804. The fourth-order valence-electron chi connectivity index (χ4n) is 1.80. The first-order valence-corrected chi connectivity index (χ1v) is 8.14. The van der Waals surface area contributed by atoms with Crippen LogP contribution in [-0.4, -0.2) is 20.5 Å². The summed E-state index contributed by atoms with van der Waals surface area (Å²) in [5.41, 5.74) is -5.68. The van der Waals surface area contributed by atoms with Crippen LogP contribution in [0.5, 0.6) is 0 Å². The fraction of sp³-hybridized carbons (Fsp3) is 0.500. The molecule has 0 heterocycles. The van der Waals surface area contributed by atoms with Crippen LogP contribution in [0, 0.1) is 5.41 Å². The molecule has 0 saturated heterocycles. The first-order valence-electron chi connectivity index (χ1n) is 5.90. The molecule has 1 aromatic rings. The topological polar surface area (TPSA) is 37.4 Å². The monoisotopic (exact) mass is 371 g/mol. The summed E-state index contributed by atoms with van der Waals surface area (Å²) >= 11 is 3.11. The Kier molecular flexibility index (Phi) is 3.83. The molecule has 0 N–H and O–H groups in total. The van der Waals surface area contributed by atoms with Gasteiger partial charge in [-0.2, -0.15) is 21.6 Å². The van der Waals surface area contributed by atoms with E-state index in [-0.39, 0.29) is 17.6 Å². The molecule has 112 valence electrons. The molecule has 0 unspecified atom stereocenters. The number of halogens is 4. The van der Waals surface area contributed by atoms with Gasteiger partial charge in [-0.1, -0.05) is 19.1 Å². The molecule has 0 amide bonds. The Morgan fingerprint density at radius 3 is 2.30 bits per heavy atom. The molecule has 2 rings (SSSR count). The van der Waals surface area contributed by atoms with Gasteiger partial charge in [-0.05, 0) is 46.3 Å². The Bertz CT molecular complexity index is 611. The third-order valence-corrected chi connectivity index (χ3v) is 5.49. The van der Waals surface area contributed by atoms with E-state index in [9.17, 15) is 21.6 Å². The van der Waals surface area contributed by atoms with E-state index in [1.54, 1.807) is 13.0 Å². The summed E-state index contributed by atoms with van der Waals surface area (Å²) in [6.07, 6.45) is 1.45. The second-order valence-electron chi connectivity index (χ2n) is 5.22. The van der Waals surface area contributed by atoms with Crippen LogP contribution in [0.2, 0.25) is 0 Å². The van der Waals surface area contributed by atoms with Crippen LogP contribution in [0.15, 0.2) is 28.7 Å². The molecular weight excluding hydrogens is 359 g/mol. The average molecular weight is 372 g/mol. The molecule has 8 heteroatoms.